The monoisotopic (exact) mass is 657 g/mol. The summed E-state index contributed by atoms with van der Waals surface area (Å²) < 4.78 is 44.1. The van der Waals surface area contributed by atoms with Crippen molar-refractivity contribution in [3.8, 4) is 28.3 Å². The van der Waals surface area contributed by atoms with Crippen molar-refractivity contribution < 1.29 is 37.4 Å². The van der Waals surface area contributed by atoms with E-state index in [0.717, 1.165) is 11.1 Å². The minimum atomic E-state index is -4.80. The zero-order valence-corrected chi connectivity index (χ0v) is 25.1. The summed E-state index contributed by atoms with van der Waals surface area (Å²) >= 11 is 12.5. The highest BCUT2D eigenvalue weighted by molar-refractivity contribution is 6.35. The van der Waals surface area contributed by atoms with Crippen molar-refractivity contribution >= 4 is 45.9 Å². The molecule has 0 unspecified atom stereocenters. The molecule has 2 N–H and O–H groups in total. The van der Waals surface area contributed by atoms with Crippen molar-refractivity contribution in [2.45, 2.75) is 32.3 Å². The number of hydroxylamine groups is 1. The number of ether oxygens (including phenoxy) is 1. The number of carboxylic acid groups (broad SMARTS) is 1. The van der Waals surface area contributed by atoms with E-state index in [-0.39, 0.29) is 17.4 Å². The molecule has 1 aromatic heterocycles. The molecule has 232 valence electrons. The fourth-order valence-corrected chi connectivity index (χ4v) is 5.14. The largest absolute Gasteiger partial charge is 0.573 e. The third-order valence-electron chi connectivity index (χ3n) is 6.93. The second-order valence-corrected chi connectivity index (χ2v) is 11.0. The van der Waals surface area contributed by atoms with Gasteiger partial charge >= 0.3 is 18.3 Å². The molecule has 0 spiro atoms. The number of alkyl halides is 3. The van der Waals surface area contributed by atoms with E-state index in [1.165, 1.54) is 19.1 Å². The number of fused-ring (bicyclic) bond motifs is 1. The zero-order chi connectivity index (χ0) is 32.5. The van der Waals surface area contributed by atoms with Crippen molar-refractivity contribution in [2.24, 2.45) is 0 Å². The summed E-state index contributed by atoms with van der Waals surface area (Å²) in [4.78, 5) is 28.2. The number of carbonyl (C=O) groups excluding carboxylic acids is 1. The molecule has 0 saturated carbocycles. The summed E-state index contributed by atoms with van der Waals surface area (Å²) in [6, 6.07) is 21.5. The fraction of sp³-hybridized carbons (Fsp3) is 0.156. The van der Waals surface area contributed by atoms with Gasteiger partial charge in [0.05, 0.1) is 23.0 Å². The van der Waals surface area contributed by atoms with Gasteiger partial charge in [-0.1, -0.05) is 53.5 Å². The lowest BCUT2D eigenvalue weighted by atomic mass is 10.0. The predicted molar refractivity (Wildman–Crippen MR) is 163 cm³/mol. The van der Waals surface area contributed by atoms with Gasteiger partial charge in [-0.25, -0.2) is 4.79 Å². The van der Waals surface area contributed by atoms with Crippen molar-refractivity contribution in [1.82, 2.24) is 15.3 Å². The number of carboxylic acids is 1. The summed E-state index contributed by atoms with van der Waals surface area (Å²) in [6.45, 7) is 3.25. The predicted octanol–water partition coefficient (Wildman–Crippen LogP) is 8.32. The maximum atomic E-state index is 12.7. The topological polar surface area (TPSA) is 103 Å². The van der Waals surface area contributed by atoms with E-state index in [1.807, 2.05) is 19.1 Å². The third kappa shape index (κ3) is 7.56. The molecule has 5 aromatic rings. The molecule has 2 atom stereocenters. The lowest BCUT2D eigenvalue weighted by Gasteiger charge is -2.17. The number of hydrogen-bond acceptors (Lipinski definition) is 6. The van der Waals surface area contributed by atoms with Crippen LogP contribution in [0.1, 0.15) is 35.8 Å². The molecule has 0 fully saturated rings. The highest BCUT2D eigenvalue weighted by Gasteiger charge is 2.31. The Balaban J connectivity index is 1.51. The summed E-state index contributed by atoms with van der Waals surface area (Å²) in [5, 5.41) is 15.9. The van der Waals surface area contributed by atoms with Crippen LogP contribution >= 0.6 is 23.2 Å². The van der Waals surface area contributed by atoms with Crippen molar-refractivity contribution in [3.05, 3.63) is 106 Å². The second kappa shape index (κ2) is 12.8. The Kier molecular flexibility index (Phi) is 9.06. The number of aliphatic carboxylic acids is 1. The quantitative estimate of drug-likeness (QED) is 0.154. The lowest BCUT2D eigenvalue weighted by molar-refractivity contribution is -0.274. The van der Waals surface area contributed by atoms with Gasteiger partial charge in [-0.2, -0.15) is 5.10 Å². The number of benzene rings is 4. The second-order valence-electron chi connectivity index (χ2n) is 10.2. The summed E-state index contributed by atoms with van der Waals surface area (Å²) in [7, 11) is 0. The van der Waals surface area contributed by atoms with Crippen molar-refractivity contribution in [1.29, 1.82) is 0 Å². The average molecular weight is 658 g/mol. The molecule has 5 rings (SSSR count). The van der Waals surface area contributed by atoms with Crippen LogP contribution in [-0.4, -0.2) is 39.2 Å². The van der Waals surface area contributed by atoms with Crippen LogP contribution in [0.4, 0.5) is 13.2 Å². The first-order valence-corrected chi connectivity index (χ1v) is 14.2. The molecular weight excluding hydrogens is 634 g/mol. The van der Waals surface area contributed by atoms with E-state index in [2.05, 4.69) is 10.2 Å². The summed E-state index contributed by atoms with van der Waals surface area (Å²) in [6.07, 6.45) is -4.80. The van der Waals surface area contributed by atoms with E-state index in [1.54, 1.807) is 65.3 Å². The molecule has 1 heterocycles. The van der Waals surface area contributed by atoms with Gasteiger partial charge in [-0.05, 0) is 84.8 Å². The Hall–Kier alpha value is -4.58. The molecule has 0 radical (unpaired) electrons. The fourth-order valence-electron chi connectivity index (χ4n) is 4.62. The average Bonchev–Trinajstić information content (AvgIpc) is 3.43. The van der Waals surface area contributed by atoms with Crippen LogP contribution in [-0.2, 0) is 9.63 Å². The Labute approximate surface area is 264 Å². The third-order valence-corrected chi connectivity index (χ3v) is 7.37. The van der Waals surface area contributed by atoms with Gasteiger partial charge < -0.3 is 14.7 Å². The molecule has 4 aromatic carbocycles. The Bertz CT molecular complexity index is 1870. The minimum absolute atomic E-state index is 0.203. The molecule has 0 bridgehead atoms. The maximum Gasteiger partial charge on any atom is 0.573 e. The van der Waals surface area contributed by atoms with Crippen molar-refractivity contribution in [2.75, 3.05) is 0 Å². The Morgan fingerprint density at radius 1 is 0.867 bits per heavy atom. The highest BCUT2D eigenvalue weighted by Crippen LogP contribution is 2.35. The Morgan fingerprint density at radius 3 is 2.16 bits per heavy atom. The molecule has 45 heavy (non-hydrogen) atoms. The number of hydrogen-bond donors (Lipinski definition) is 2. The maximum absolute atomic E-state index is 12.7. The van der Waals surface area contributed by atoms with Gasteiger partial charge in [0, 0.05) is 21.2 Å². The minimum Gasteiger partial charge on any atom is -0.480 e. The SMILES string of the molecule is C[C@H](NOC(=O)c1ccc([C@H](C)n2nc(-c3cc(Cl)cc(Cl)c3)cc2-c2ccc3cc(OC(F)(F)F)ccc3c2)cc1)C(=O)O. The molecular formula is C32H24Cl2F3N3O5. The number of nitrogens with zero attached hydrogens (tertiary/aromatic N) is 2. The zero-order valence-electron chi connectivity index (χ0n) is 23.6. The van der Waals surface area contributed by atoms with Crippen LogP contribution in [0, 0.1) is 0 Å². The number of aromatic nitrogens is 2. The van der Waals surface area contributed by atoms with Gasteiger partial charge in [0.1, 0.15) is 11.8 Å². The first kappa shape index (κ1) is 31.8. The van der Waals surface area contributed by atoms with Gasteiger partial charge in [0.15, 0.2) is 0 Å². The van der Waals surface area contributed by atoms with Crippen LogP contribution in [0.25, 0.3) is 33.3 Å². The molecule has 0 saturated heterocycles. The van der Waals surface area contributed by atoms with E-state index < -0.39 is 24.3 Å². The number of nitrogens with one attached hydrogen (secondary N) is 1. The van der Waals surface area contributed by atoms with E-state index in [4.69, 9.17) is 38.2 Å². The standard InChI is InChI=1S/C32H24Cl2F3N3O5/c1-17(30(41)42)39-45-31(43)20-5-3-19(4-6-20)18(2)40-29(16-28(38-40)24-12-25(33)15-26(34)13-24)23-8-7-22-14-27(44-32(35,36)37)10-9-21(22)11-23/h3-18,39H,1-2H3,(H,41,42)/t17-,18-/m0/s1. The van der Waals surface area contributed by atoms with Gasteiger partial charge in [0.2, 0.25) is 0 Å². The smallest absolute Gasteiger partial charge is 0.480 e. The van der Waals surface area contributed by atoms with E-state index in [0.29, 0.717) is 37.8 Å². The Morgan fingerprint density at radius 2 is 1.51 bits per heavy atom. The molecule has 0 aliphatic heterocycles. The van der Waals surface area contributed by atoms with Gasteiger partial charge in [0.25, 0.3) is 0 Å². The summed E-state index contributed by atoms with van der Waals surface area (Å²) in [5.74, 6) is -2.24. The highest BCUT2D eigenvalue weighted by atomic mass is 35.5. The number of carbonyl (C=O) groups is 2. The molecule has 13 heteroatoms. The first-order chi connectivity index (χ1) is 21.3. The lowest BCUT2D eigenvalue weighted by Crippen LogP contribution is -2.35. The van der Waals surface area contributed by atoms with E-state index >= 15 is 0 Å². The van der Waals surface area contributed by atoms with Crippen LogP contribution in [0.5, 0.6) is 5.75 Å². The number of halogens is 5. The molecule has 0 aliphatic rings. The first-order valence-electron chi connectivity index (χ1n) is 13.4. The van der Waals surface area contributed by atoms with Crippen LogP contribution in [0.3, 0.4) is 0 Å². The van der Waals surface area contributed by atoms with Crippen molar-refractivity contribution in [3.63, 3.8) is 0 Å². The molecule has 0 aliphatic carbocycles. The van der Waals surface area contributed by atoms with Gasteiger partial charge in [-0.3, -0.25) is 9.48 Å². The normalized spacial score (nSPS) is 13.0. The molecule has 8 nitrogen and oxygen atoms in total. The van der Waals surface area contributed by atoms with Gasteiger partial charge in [-0.15, -0.1) is 18.7 Å². The molecule has 0 amide bonds. The number of rotatable bonds is 9. The van der Waals surface area contributed by atoms with Crippen LogP contribution in [0.2, 0.25) is 10.0 Å². The van der Waals surface area contributed by atoms with E-state index in [9.17, 15) is 22.8 Å². The summed E-state index contributed by atoms with van der Waals surface area (Å²) in [5.41, 5.74) is 5.86. The van der Waals surface area contributed by atoms with Crippen LogP contribution in [0.15, 0.2) is 84.9 Å². The van der Waals surface area contributed by atoms with Crippen LogP contribution < -0.4 is 10.2 Å².